The molecule has 6 heteroatoms. The first kappa shape index (κ1) is 16.0. The molecule has 0 amide bonds. The summed E-state index contributed by atoms with van der Waals surface area (Å²) in [6.45, 7) is 2.41. The Hall–Kier alpha value is -1.85. The van der Waals surface area contributed by atoms with Crippen molar-refractivity contribution >= 4 is 38.4 Å². The molecule has 0 aliphatic carbocycles. The Balaban J connectivity index is 2.35. The molecule has 0 saturated heterocycles. The summed E-state index contributed by atoms with van der Waals surface area (Å²) in [7, 11) is 0. The van der Waals surface area contributed by atoms with Crippen LogP contribution in [0.2, 0.25) is 0 Å². The first-order valence-electron chi connectivity index (χ1n) is 7.15. The van der Waals surface area contributed by atoms with Crippen LogP contribution in [0, 0.1) is 0 Å². The highest BCUT2D eigenvalue weighted by Crippen LogP contribution is 2.24. The smallest absolute Gasteiger partial charge is 0.266 e. The number of hydrogen-bond acceptors (Lipinski definition) is 3. The normalized spacial score (nSPS) is 10.9. The van der Waals surface area contributed by atoms with E-state index in [1.807, 2.05) is 43.3 Å². The number of ether oxygens (including phenoxy) is 1. The van der Waals surface area contributed by atoms with Crippen molar-refractivity contribution in [3.63, 3.8) is 0 Å². The van der Waals surface area contributed by atoms with E-state index in [-0.39, 0.29) is 11.4 Å². The van der Waals surface area contributed by atoms with E-state index in [0.29, 0.717) is 34.8 Å². The van der Waals surface area contributed by atoms with Gasteiger partial charge in [-0.05, 0) is 37.3 Å². The quantitative estimate of drug-likeness (QED) is 0.621. The molecule has 0 aliphatic rings. The van der Waals surface area contributed by atoms with Crippen LogP contribution in [0.4, 0.5) is 0 Å². The molecule has 0 unspecified atom stereocenters. The lowest BCUT2D eigenvalue weighted by atomic mass is 10.2. The SMILES string of the molecule is CCOc1ccccc1-n1c(CCl)nc2cc(Br)ccc2c1=O. The van der Waals surface area contributed by atoms with Gasteiger partial charge < -0.3 is 4.74 Å². The Kier molecular flexibility index (Phi) is 4.68. The molecule has 0 saturated carbocycles. The summed E-state index contributed by atoms with van der Waals surface area (Å²) in [6, 6.07) is 12.8. The van der Waals surface area contributed by atoms with Crippen molar-refractivity contribution in [2.75, 3.05) is 6.61 Å². The van der Waals surface area contributed by atoms with E-state index in [2.05, 4.69) is 20.9 Å². The standard InChI is InChI=1S/C17H14BrClN2O2/c1-2-23-15-6-4-3-5-14(15)21-16(10-19)20-13-9-11(18)7-8-12(13)17(21)22/h3-9H,2,10H2,1H3. The summed E-state index contributed by atoms with van der Waals surface area (Å²) in [6.07, 6.45) is 0. The van der Waals surface area contributed by atoms with Crippen LogP contribution in [0.1, 0.15) is 12.7 Å². The second-order valence-electron chi connectivity index (χ2n) is 4.86. The topological polar surface area (TPSA) is 44.1 Å². The highest BCUT2D eigenvalue weighted by atomic mass is 79.9. The van der Waals surface area contributed by atoms with Crippen molar-refractivity contribution in [3.8, 4) is 11.4 Å². The summed E-state index contributed by atoms with van der Waals surface area (Å²) in [4.78, 5) is 17.5. The maximum atomic E-state index is 13.0. The minimum absolute atomic E-state index is 0.123. The maximum Gasteiger partial charge on any atom is 0.266 e. The van der Waals surface area contributed by atoms with Crippen LogP contribution in [0.15, 0.2) is 51.7 Å². The molecule has 0 radical (unpaired) electrons. The molecule has 23 heavy (non-hydrogen) atoms. The molecule has 0 N–H and O–H groups in total. The van der Waals surface area contributed by atoms with Gasteiger partial charge in [0.15, 0.2) is 0 Å². The Morgan fingerprint density at radius 2 is 2.04 bits per heavy atom. The van der Waals surface area contributed by atoms with Crippen molar-refractivity contribution in [1.82, 2.24) is 9.55 Å². The number of aromatic nitrogens is 2. The van der Waals surface area contributed by atoms with Gasteiger partial charge in [-0.2, -0.15) is 0 Å². The van der Waals surface area contributed by atoms with Crippen molar-refractivity contribution in [1.29, 1.82) is 0 Å². The number of halogens is 2. The highest BCUT2D eigenvalue weighted by molar-refractivity contribution is 9.10. The molecule has 0 fully saturated rings. The number of para-hydroxylation sites is 2. The molecule has 3 aromatic rings. The lowest BCUT2D eigenvalue weighted by molar-refractivity contribution is 0.338. The van der Waals surface area contributed by atoms with Gasteiger partial charge >= 0.3 is 0 Å². The van der Waals surface area contributed by atoms with Gasteiger partial charge in [0.05, 0.1) is 29.1 Å². The number of rotatable bonds is 4. The number of alkyl halides is 1. The fourth-order valence-electron chi connectivity index (χ4n) is 2.46. The molecule has 0 atom stereocenters. The first-order chi connectivity index (χ1) is 11.2. The fourth-order valence-corrected chi connectivity index (χ4v) is 2.99. The van der Waals surface area contributed by atoms with Gasteiger partial charge in [0.2, 0.25) is 0 Å². The van der Waals surface area contributed by atoms with E-state index >= 15 is 0 Å². The first-order valence-corrected chi connectivity index (χ1v) is 8.47. The number of hydrogen-bond donors (Lipinski definition) is 0. The predicted octanol–water partition coefficient (Wildman–Crippen LogP) is 4.29. The molecule has 2 aromatic carbocycles. The van der Waals surface area contributed by atoms with Crippen LogP contribution >= 0.6 is 27.5 Å². The highest BCUT2D eigenvalue weighted by Gasteiger charge is 2.15. The maximum absolute atomic E-state index is 13.0. The molecule has 3 rings (SSSR count). The molecule has 0 spiro atoms. The second-order valence-corrected chi connectivity index (χ2v) is 6.05. The number of nitrogens with zero attached hydrogens (tertiary/aromatic N) is 2. The molecule has 118 valence electrons. The Bertz CT molecular complexity index is 924. The molecule has 4 nitrogen and oxygen atoms in total. The van der Waals surface area contributed by atoms with Gasteiger partial charge in [-0.15, -0.1) is 11.6 Å². The molecule has 0 aliphatic heterocycles. The Morgan fingerprint density at radius 3 is 2.78 bits per heavy atom. The van der Waals surface area contributed by atoms with Gasteiger partial charge in [0.25, 0.3) is 5.56 Å². The Labute approximate surface area is 146 Å². The minimum Gasteiger partial charge on any atom is -0.492 e. The molecule has 1 aromatic heterocycles. The predicted molar refractivity (Wildman–Crippen MR) is 95.8 cm³/mol. The minimum atomic E-state index is -0.162. The molecular formula is C17H14BrClN2O2. The van der Waals surface area contributed by atoms with Crippen LogP contribution in [-0.2, 0) is 5.88 Å². The average Bonchev–Trinajstić information content (AvgIpc) is 2.55. The third-order valence-corrected chi connectivity index (χ3v) is 4.16. The molecular weight excluding hydrogens is 380 g/mol. The third-order valence-electron chi connectivity index (χ3n) is 3.43. The summed E-state index contributed by atoms with van der Waals surface area (Å²) in [5.41, 5.74) is 1.10. The van der Waals surface area contributed by atoms with Crippen LogP contribution < -0.4 is 10.3 Å². The zero-order valence-corrected chi connectivity index (χ0v) is 14.8. The number of fused-ring (bicyclic) bond motifs is 1. The van der Waals surface area contributed by atoms with Gasteiger partial charge in [0.1, 0.15) is 11.6 Å². The lowest BCUT2D eigenvalue weighted by Crippen LogP contribution is -2.24. The van der Waals surface area contributed by atoms with E-state index < -0.39 is 0 Å². The molecule has 1 heterocycles. The zero-order valence-electron chi connectivity index (χ0n) is 12.4. The van der Waals surface area contributed by atoms with Crippen molar-refractivity contribution in [3.05, 3.63) is 63.1 Å². The van der Waals surface area contributed by atoms with Crippen LogP contribution in [0.3, 0.4) is 0 Å². The summed E-state index contributed by atoms with van der Waals surface area (Å²) in [5.74, 6) is 1.23. The third kappa shape index (κ3) is 2.99. The van der Waals surface area contributed by atoms with Gasteiger partial charge in [0, 0.05) is 4.47 Å². The van der Waals surface area contributed by atoms with E-state index in [0.717, 1.165) is 4.47 Å². The summed E-state index contributed by atoms with van der Waals surface area (Å²) < 4.78 is 8.03. The van der Waals surface area contributed by atoms with Crippen molar-refractivity contribution in [2.45, 2.75) is 12.8 Å². The molecule has 0 bridgehead atoms. The van der Waals surface area contributed by atoms with Crippen LogP contribution in [0.5, 0.6) is 5.75 Å². The lowest BCUT2D eigenvalue weighted by Gasteiger charge is -2.15. The monoisotopic (exact) mass is 392 g/mol. The van der Waals surface area contributed by atoms with Crippen molar-refractivity contribution < 1.29 is 4.74 Å². The Morgan fingerprint density at radius 1 is 1.26 bits per heavy atom. The van der Waals surface area contributed by atoms with E-state index in [1.54, 1.807) is 6.07 Å². The van der Waals surface area contributed by atoms with Gasteiger partial charge in [-0.1, -0.05) is 28.1 Å². The largest absolute Gasteiger partial charge is 0.492 e. The second kappa shape index (κ2) is 6.72. The fraction of sp³-hybridized carbons (Fsp3) is 0.176. The summed E-state index contributed by atoms with van der Waals surface area (Å²) >= 11 is 9.45. The van der Waals surface area contributed by atoms with Crippen LogP contribution in [0.25, 0.3) is 16.6 Å². The van der Waals surface area contributed by atoms with E-state index in [1.165, 1.54) is 4.57 Å². The van der Waals surface area contributed by atoms with Gasteiger partial charge in [-0.3, -0.25) is 9.36 Å². The van der Waals surface area contributed by atoms with E-state index in [9.17, 15) is 4.79 Å². The average molecular weight is 394 g/mol. The van der Waals surface area contributed by atoms with Gasteiger partial charge in [-0.25, -0.2) is 4.98 Å². The van der Waals surface area contributed by atoms with E-state index in [4.69, 9.17) is 16.3 Å². The zero-order chi connectivity index (χ0) is 16.4. The van der Waals surface area contributed by atoms with Crippen molar-refractivity contribution in [2.24, 2.45) is 0 Å². The summed E-state index contributed by atoms with van der Waals surface area (Å²) in [5, 5.41) is 0.536. The van der Waals surface area contributed by atoms with Crippen LogP contribution in [-0.4, -0.2) is 16.2 Å². The number of benzene rings is 2.